The van der Waals surface area contributed by atoms with Crippen LogP contribution in [-0.4, -0.2) is 30.8 Å². The van der Waals surface area contributed by atoms with Gasteiger partial charge in [-0.3, -0.25) is 18.7 Å². The number of benzene rings is 2. The highest BCUT2D eigenvalue weighted by Crippen LogP contribution is 2.26. The highest BCUT2D eigenvalue weighted by atomic mass is 32.2. The van der Waals surface area contributed by atoms with Crippen LogP contribution >= 0.6 is 11.8 Å². The van der Waals surface area contributed by atoms with Crippen molar-refractivity contribution in [3.63, 3.8) is 0 Å². The predicted molar refractivity (Wildman–Crippen MR) is 121 cm³/mol. The van der Waals surface area contributed by atoms with Crippen LogP contribution in [0.5, 0.6) is 0 Å². The second-order valence-corrected chi connectivity index (χ2v) is 7.79. The lowest BCUT2D eigenvalue weighted by atomic mass is 10.2. The molecule has 1 amide bonds. The van der Waals surface area contributed by atoms with Gasteiger partial charge in [0, 0.05) is 25.3 Å². The summed E-state index contributed by atoms with van der Waals surface area (Å²) in [6.45, 7) is 0. The van der Waals surface area contributed by atoms with Crippen LogP contribution in [0.15, 0.2) is 75.3 Å². The van der Waals surface area contributed by atoms with Crippen molar-refractivity contribution < 1.29 is 4.79 Å². The first kappa shape index (κ1) is 20.5. The van der Waals surface area contributed by atoms with Gasteiger partial charge in [-0.1, -0.05) is 60.3 Å². The third-order valence-electron chi connectivity index (χ3n) is 4.70. The number of hydrogen-bond acceptors (Lipinski definition) is 6. The van der Waals surface area contributed by atoms with Crippen LogP contribution < -0.4 is 16.6 Å². The van der Waals surface area contributed by atoms with Gasteiger partial charge in [-0.2, -0.15) is 0 Å². The normalized spacial score (nSPS) is 10.9. The fourth-order valence-electron chi connectivity index (χ4n) is 3.10. The maximum absolute atomic E-state index is 12.9. The van der Waals surface area contributed by atoms with Gasteiger partial charge in [0.05, 0.1) is 5.75 Å². The number of nitrogens with one attached hydrogen (secondary N) is 1. The molecule has 8 nitrogen and oxygen atoms in total. The Morgan fingerprint density at radius 1 is 0.935 bits per heavy atom. The third kappa shape index (κ3) is 4.13. The number of aryl methyl sites for hydroxylation is 1. The Balaban J connectivity index is 1.78. The molecule has 0 aliphatic carbocycles. The zero-order chi connectivity index (χ0) is 22.0. The third-order valence-corrected chi connectivity index (χ3v) is 5.67. The molecule has 0 radical (unpaired) electrons. The standard InChI is InChI=1S/C22H19N5O3S/c1-26-19-17(21(29)27(2)22(26)30)20(25-18(24-19)14-9-5-3-6-10-14)31-13-16(28)23-15-11-7-4-8-12-15/h3-12H,13H2,1-2H3,(H,23,28). The first-order valence-electron chi connectivity index (χ1n) is 9.46. The van der Waals surface area contributed by atoms with Gasteiger partial charge in [0.25, 0.3) is 5.56 Å². The fourth-order valence-corrected chi connectivity index (χ4v) is 3.92. The van der Waals surface area contributed by atoms with Gasteiger partial charge in [-0.15, -0.1) is 0 Å². The minimum atomic E-state index is -0.497. The van der Waals surface area contributed by atoms with Crippen LogP contribution in [0, 0.1) is 0 Å². The van der Waals surface area contributed by atoms with E-state index in [1.54, 1.807) is 19.2 Å². The van der Waals surface area contributed by atoms with E-state index in [4.69, 9.17) is 0 Å². The number of nitrogens with zero attached hydrogens (tertiary/aromatic N) is 4. The molecule has 0 aliphatic rings. The molecule has 0 bridgehead atoms. The Bertz CT molecular complexity index is 1380. The minimum absolute atomic E-state index is 0.0429. The number of amides is 1. The smallest absolute Gasteiger partial charge is 0.325 e. The van der Waals surface area contributed by atoms with Crippen molar-refractivity contribution in [3.05, 3.63) is 81.5 Å². The number of aromatic nitrogens is 4. The number of fused-ring (bicyclic) bond motifs is 1. The lowest BCUT2D eigenvalue weighted by Gasteiger charge is -2.12. The zero-order valence-electron chi connectivity index (χ0n) is 16.9. The first-order valence-corrected chi connectivity index (χ1v) is 10.4. The van der Waals surface area contributed by atoms with Crippen molar-refractivity contribution in [3.8, 4) is 11.4 Å². The quantitative estimate of drug-likeness (QED) is 0.383. The second kappa shape index (κ2) is 8.57. The largest absolute Gasteiger partial charge is 0.332 e. The molecule has 4 rings (SSSR count). The monoisotopic (exact) mass is 433 g/mol. The molecule has 0 unspecified atom stereocenters. The Morgan fingerprint density at radius 2 is 1.58 bits per heavy atom. The molecule has 156 valence electrons. The number of hydrogen-bond donors (Lipinski definition) is 1. The molecule has 0 aliphatic heterocycles. The van der Waals surface area contributed by atoms with Gasteiger partial charge in [0.15, 0.2) is 11.5 Å². The Labute approximate surface area is 181 Å². The molecule has 4 aromatic rings. The van der Waals surface area contributed by atoms with Crippen LogP contribution in [0.3, 0.4) is 0 Å². The summed E-state index contributed by atoms with van der Waals surface area (Å²) in [7, 11) is 2.97. The fraction of sp³-hybridized carbons (Fsp3) is 0.136. The molecular formula is C22H19N5O3S. The minimum Gasteiger partial charge on any atom is -0.325 e. The number of rotatable bonds is 5. The van der Waals surface area contributed by atoms with E-state index in [2.05, 4.69) is 15.3 Å². The molecule has 0 atom stereocenters. The average molecular weight is 433 g/mol. The zero-order valence-corrected chi connectivity index (χ0v) is 17.7. The van der Waals surface area contributed by atoms with E-state index >= 15 is 0 Å². The summed E-state index contributed by atoms with van der Waals surface area (Å²) in [6.07, 6.45) is 0. The lowest BCUT2D eigenvalue weighted by Crippen LogP contribution is -2.37. The second-order valence-electron chi connectivity index (χ2n) is 6.83. The number of carbonyl (C=O) groups excluding carboxylic acids is 1. The van der Waals surface area contributed by atoms with Crippen LogP contribution in [0.4, 0.5) is 5.69 Å². The van der Waals surface area contributed by atoms with Gasteiger partial charge in [0.1, 0.15) is 10.4 Å². The van der Waals surface area contributed by atoms with Crippen LogP contribution in [0.2, 0.25) is 0 Å². The predicted octanol–water partition coefficient (Wildman–Crippen LogP) is 2.42. The SMILES string of the molecule is Cn1c(=O)c2c(SCC(=O)Nc3ccccc3)nc(-c3ccccc3)nc2n(C)c1=O. The van der Waals surface area contributed by atoms with Crippen molar-refractivity contribution in [1.82, 2.24) is 19.1 Å². The van der Waals surface area contributed by atoms with E-state index in [0.717, 1.165) is 21.9 Å². The topological polar surface area (TPSA) is 98.9 Å². The molecule has 2 aromatic carbocycles. The maximum Gasteiger partial charge on any atom is 0.332 e. The highest BCUT2D eigenvalue weighted by Gasteiger charge is 2.19. The Kier molecular flexibility index (Phi) is 5.68. The molecular weight excluding hydrogens is 414 g/mol. The number of anilines is 1. The molecule has 1 N–H and O–H groups in total. The highest BCUT2D eigenvalue weighted by molar-refractivity contribution is 8.00. The molecule has 2 aromatic heterocycles. The maximum atomic E-state index is 12.9. The van der Waals surface area contributed by atoms with Crippen molar-refractivity contribution in [2.75, 3.05) is 11.1 Å². The van der Waals surface area contributed by atoms with E-state index in [1.165, 1.54) is 11.6 Å². The van der Waals surface area contributed by atoms with E-state index in [-0.39, 0.29) is 22.7 Å². The first-order chi connectivity index (χ1) is 15.0. The summed E-state index contributed by atoms with van der Waals surface area (Å²) in [6, 6.07) is 18.4. The van der Waals surface area contributed by atoms with Gasteiger partial charge in [0.2, 0.25) is 5.91 Å². The van der Waals surface area contributed by atoms with Crippen LogP contribution in [-0.2, 0) is 18.9 Å². The van der Waals surface area contributed by atoms with Crippen molar-refractivity contribution in [2.45, 2.75) is 5.03 Å². The molecule has 0 saturated carbocycles. The lowest BCUT2D eigenvalue weighted by molar-refractivity contribution is -0.113. The summed E-state index contributed by atoms with van der Waals surface area (Å²) in [5.74, 6) is 0.189. The van der Waals surface area contributed by atoms with Crippen molar-refractivity contribution in [2.24, 2.45) is 14.1 Å². The molecule has 0 fully saturated rings. The van der Waals surface area contributed by atoms with Gasteiger partial charge in [-0.25, -0.2) is 14.8 Å². The Hall–Kier alpha value is -3.72. The van der Waals surface area contributed by atoms with E-state index in [0.29, 0.717) is 16.5 Å². The van der Waals surface area contributed by atoms with Crippen molar-refractivity contribution >= 4 is 34.4 Å². The van der Waals surface area contributed by atoms with Crippen molar-refractivity contribution in [1.29, 1.82) is 0 Å². The Morgan fingerprint density at radius 3 is 2.26 bits per heavy atom. The molecule has 9 heteroatoms. The van der Waals surface area contributed by atoms with Crippen LogP contribution in [0.1, 0.15) is 0 Å². The molecule has 2 heterocycles. The number of carbonyl (C=O) groups is 1. The molecule has 0 saturated heterocycles. The number of thioether (sulfide) groups is 1. The average Bonchev–Trinajstić information content (AvgIpc) is 2.80. The summed E-state index contributed by atoms with van der Waals surface area (Å²) in [5.41, 5.74) is 0.682. The van der Waals surface area contributed by atoms with Gasteiger partial charge in [-0.05, 0) is 12.1 Å². The summed E-state index contributed by atoms with van der Waals surface area (Å²) < 4.78 is 2.33. The summed E-state index contributed by atoms with van der Waals surface area (Å²) >= 11 is 1.13. The van der Waals surface area contributed by atoms with Gasteiger partial charge >= 0.3 is 5.69 Å². The van der Waals surface area contributed by atoms with Crippen LogP contribution in [0.25, 0.3) is 22.4 Å². The van der Waals surface area contributed by atoms with E-state index in [1.807, 2.05) is 48.5 Å². The van der Waals surface area contributed by atoms with E-state index in [9.17, 15) is 14.4 Å². The number of para-hydroxylation sites is 1. The van der Waals surface area contributed by atoms with Gasteiger partial charge < -0.3 is 5.32 Å². The molecule has 31 heavy (non-hydrogen) atoms. The summed E-state index contributed by atoms with van der Waals surface area (Å²) in [4.78, 5) is 46.8. The summed E-state index contributed by atoms with van der Waals surface area (Å²) in [5, 5.41) is 3.37. The molecule has 0 spiro atoms. The van der Waals surface area contributed by atoms with E-state index < -0.39 is 11.2 Å².